The largest absolute Gasteiger partial charge is 0.456 e. The first-order valence-corrected chi connectivity index (χ1v) is 7.51. The van der Waals surface area contributed by atoms with E-state index in [0.717, 1.165) is 5.56 Å². The second-order valence-corrected chi connectivity index (χ2v) is 5.46. The van der Waals surface area contributed by atoms with E-state index in [1.54, 1.807) is 60.5 Å². The van der Waals surface area contributed by atoms with E-state index in [4.69, 9.17) is 21.1 Å². The summed E-state index contributed by atoms with van der Waals surface area (Å²) >= 11 is 5.82. The van der Waals surface area contributed by atoms with Crippen molar-refractivity contribution in [1.29, 1.82) is 0 Å². The van der Waals surface area contributed by atoms with Crippen molar-refractivity contribution in [3.63, 3.8) is 0 Å². The third kappa shape index (κ3) is 3.91. The van der Waals surface area contributed by atoms with Crippen LogP contribution >= 0.6 is 11.6 Å². The summed E-state index contributed by atoms with van der Waals surface area (Å²) in [6, 6.07) is 10.5. The number of rotatable bonds is 5. The molecule has 0 saturated carbocycles. The zero-order chi connectivity index (χ0) is 16.9. The zero-order valence-electron chi connectivity index (χ0n) is 12.8. The lowest BCUT2D eigenvalue weighted by Gasteiger charge is -2.07. The zero-order valence-corrected chi connectivity index (χ0v) is 13.6. The van der Waals surface area contributed by atoms with Gasteiger partial charge in [0.25, 0.3) is 0 Å². The van der Waals surface area contributed by atoms with E-state index in [2.05, 4.69) is 9.97 Å². The second kappa shape index (κ2) is 7.14. The van der Waals surface area contributed by atoms with Gasteiger partial charge < -0.3 is 14.0 Å². The molecule has 0 unspecified atom stereocenters. The molecule has 3 rings (SSSR count). The van der Waals surface area contributed by atoms with Gasteiger partial charge in [-0.25, -0.2) is 14.8 Å². The molecular formula is C17H14ClN3O3. The van der Waals surface area contributed by atoms with Crippen LogP contribution in [-0.2, 0) is 18.4 Å². The third-order valence-electron chi connectivity index (χ3n) is 3.23. The Morgan fingerprint density at radius 1 is 1.17 bits per heavy atom. The summed E-state index contributed by atoms with van der Waals surface area (Å²) in [4.78, 5) is 20.0. The SMILES string of the molecule is Cn1cncc1C(=O)OCc1ccc(Oc2ccc(Cl)cc2)nc1. The van der Waals surface area contributed by atoms with Crippen LogP contribution in [0.2, 0.25) is 5.02 Å². The van der Waals surface area contributed by atoms with E-state index < -0.39 is 5.97 Å². The number of hydrogen-bond acceptors (Lipinski definition) is 5. The smallest absolute Gasteiger partial charge is 0.356 e. The minimum absolute atomic E-state index is 0.123. The Labute approximate surface area is 143 Å². The number of aryl methyl sites for hydroxylation is 1. The Morgan fingerprint density at radius 2 is 1.96 bits per heavy atom. The van der Waals surface area contributed by atoms with Gasteiger partial charge in [0, 0.05) is 29.9 Å². The molecule has 122 valence electrons. The number of aromatic nitrogens is 3. The maximum Gasteiger partial charge on any atom is 0.356 e. The molecule has 24 heavy (non-hydrogen) atoms. The van der Waals surface area contributed by atoms with Gasteiger partial charge in [-0.1, -0.05) is 11.6 Å². The van der Waals surface area contributed by atoms with Crippen molar-refractivity contribution in [3.05, 3.63) is 71.4 Å². The van der Waals surface area contributed by atoms with Crippen molar-refractivity contribution < 1.29 is 14.3 Å². The predicted octanol–water partition coefficient (Wildman–Crippen LogP) is 3.62. The summed E-state index contributed by atoms with van der Waals surface area (Å²) in [7, 11) is 1.73. The number of carbonyl (C=O) groups excluding carboxylic acids is 1. The lowest BCUT2D eigenvalue weighted by Crippen LogP contribution is -2.09. The maximum atomic E-state index is 11.9. The number of carbonyl (C=O) groups is 1. The summed E-state index contributed by atoms with van der Waals surface area (Å²) in [6.45, 7) is 0.123. The van der Waals surface area contributed by atoms with Gasteiger partial charge in [-0.05, 0) is 30.3 Å². The minimum Gasteiger partial charge on any atom is -0.456 e. The molecule has 0 aliphatic rings. The lowest BCUT2D eigenvalue weighted by atomic mass is 10.3. The molecule has 2 heterocycles. The Balaban J connectivity index is 1.57. The van der Waals surface area contributed by atoms with Crippen LogP contribution < -0.4 is 4.74 Å². The monoisotopic (exact) mass is 343 g/mol. The number of benzene rings is 1. The van der Waals surface area contributed by atoms with Gasteiger partial charge in [0.05, 0.1) is 12.5 Å². The molecule has 0 aliphatic carbocycles. The third-order valence-corrected chi connectivity index (χ3v) is 3.48. The van der Waals surface area contributed by atoms with Crippen molar-refractivity contribution in [3.8, 4) is 11.6 Å². The van der Waals surface area contributed by atoms with Crippen LogP contribution in [0.5, 0.6) is 11.6 Å². The molecule has 0 radical (unpaired) electrons. The highest BCUT2D eigenvalue weighted by molar-refractivity contribution is 6.30. The van der Waals surface area contributed by atoms with Crippen molar-refractivity contribution in [2.45, 2.75) is 6.61 Å². The number of ether oxygens (including phenoxy) is 2. The molecule has 0 bridgehead atoms. The molecule has 0 spiro atoms. The fraction of sp³-hybridized carbons (Fsp3) is 0.118. The first-order chi connectivity index (χ1) is 11.6. The maximum absolute atomic E-state index is 11.9. The normalized spacial score (nSPS) is 10.4. The van der Waals surface area contributed by atoms with E-state index in [0.29, 0.717) is 22.3 Å². The molecular weight excluding hydrogens is 330 g/mol. The number of nitrogens with zero attached hydrogens (tertiary/aromatic N) is 3. The summed E-state index contributed by atoms with van der Waals surface area (Å²) < 4.78 is 12.4. The average molecular weight is 344 g/mol. The van der Waals surface area contributed by atoms with Crippen LogP contribution in [0.3, 0.4) is 0 Å². The van der Waals surface area contributed by atoms with Gasteiger partial charge in [-0.2, -0.15) is 0 Å². The summed E-state index contributed by atoms with van der Waals surface area (Å²) in [5.74, 6) is 0.651. The van der Waals surface area contributed by atoms with Crippen LogP contribution in [-0.4, -0.2) is 20.5 Å². The highest BCUT2D eigenvalue weighted by Crippen LogP contribution is 2.21. The molecule has 2 aromatic heterocycles. The van der Waals surface area contributed by atoms with Crippen LogP contribution in [0.25, 0.3) is 0 Å². The molecule has 0 N–H and O–H groups in total. The fourth-order valence-corrected chi connectivity index (χ4v) is 2.08. The molecule has 1 aromatic carbocycles. The Morgan fingerprint density at radius 3 is 2.58 bits per heavy atom. The average Bonchev–Trinajstić information content (AvgIpc) is 3.02. The molecule has 3 aromatic rings. The van der Waals surface area contributed by atoms with Gasteiger partial charge in [-0.3, -0.25) is 0 Å². The Kier molecular flexibility index (Phi) is 4.77. The van der Waals surface area contributed by atoms with E-state index in [1.807, 2.05) is 0 Å². The molecule has 0 saturated heterocycles. The van der Waals surface area contributed by atoms with Gasteiger partial charge in [-0.15, -0.1) is 0 Å². The van der Waals surface area contributed by atoms with Gasteiger partial charge in [0.1, 0.15) is 18.1 Å². The van der Waals surface area contributed by atoms with Crippen molar-refractivity contribution in [2.75, 3.05) is 0 Å². The summed E-state index contributed by atoms with van der Waals surface area (Å²) in [6.07, 6.45) is 4.60. The van der Waals surface area contributed by atoms with Crippen LogP contribution in [0.1, 0.15) is 16.1 Å². The van der Waals surface area contributed by atoms with Crippen molar-refractivity contribution in [1.82, 2.24) is 14.5 Å². The number of hydrogen-bond donors (Lipinski definition) is 0. The molecule has 0 atom stereocenters. The van der Waals surface area contributed by atoms with E-state index in [9.17, 15) is 4.79 Å². The van der Waals surface area contributed by atoms with Crippen LogP contribution in [0.4, 0.5) is 0 Å². The van der Waals surface area contributed by atoms with E-state index in [-0.39, 0.29) is 6.61 Å². The van der Waals surface area contributed by atoms with E-state index in [1.165, 1.54) is 6.20 Å². The molecule has 0 fully saturated rings. The van der Waals surface area contributed by atoms with E-state index >= 15 is 0 Å². The van der Waals surface area contributed by atoms with Gasteiger partial charge in [0.15, 0.2) is 0 Å². The second-order valence-electron chi connectivity index (χ2n) is 5.03. The standard InChI is InChI=1S/C17H14ClN3O3/c1-21-11-19-9-15(21)17(22)23-10-12-2-7-16(20-8-12)24-14-5-3-13(18)4-6-14/h2-9,11H,10H2,1H3. The predicted molar refractivity (Wildman–Crippen MR) is 88.1 cm³/mol. The molecule has 0 amide bonds. The molecule has 6 nitrogen and oxygen atoms in total. The quantitative estimate of drug-likeness (QED) is 0.662. The van der Waals surface area contributed by atoms with Gasteiger partial charge >= 0.3 is 5.97 Å². The number of esters is 1. The Hall–Kier alpha value is -2.86. The first-order valence-electron chi connectivity index (χ1n) is 7.13. The Bertz CT molecular complexity index is 829. The highest BCUT2D eigenvalue weighted by atomic mass is 35.5. The highest BCUT2D eigenvalue weighted by Gasteiger charge is 2.11. The fourth-order valence-electron chi connectivity index (χ4n) is 1.96. The first kappa shape index (κ1) is 16.0. The number of pyridine rings is 1. The molecule has 0 aliphatic heterocycles. The van der Waals surface area contributed by atoms with Crippen LogP contribution in [0, 0.1) is 0 Å². The summed E-state index contributed by atoms with van der Waals surface area (Å²) in [5.41, 5.74) is 1.15. The number of halogens is 1. The summed E-state index contributed by atoms with van der Waals surface area (Å²) in [5, 5.41) is 0.640. The van der Waals surface area contributed by atoms with Crippen LogP contribution in [0.15, 0.2) is 55.1 Å². The van der Waals surface area contributed by atoms with Gasteiger partial charge in [0.2, 0.25) is 5.88 Å². The van der Waals surface area contributed by atoms with Crippen molar-refractivity contribution >= 4 is 17.6 Å². The topological polar surface area (TPSA) is 66.2 Å². The van der Waals surface area contributed by atoms with Crippen molar-refractivity contribution in [2.24, 2.45) is 7.05 Å². The number of imidazole rings is 1. The minimum atomic E-state index is -0.434. The lowest BCUT2D eigenvalue weighted by molar-refractivity contribution is 0.0461. The molecule has 7 heteroatoms.